The highest BCUT2D eigenvalue weighted by Crippen LogP contribution is 2.54. The molecule has 372 valence electrons. The van der Waals surface area contributed by atoms with E-state index < -0.39 is 0 Å². The van der Waals surface area contributed by atoms with Crippen LogP contribution in [0, 0.1) is 6.92 Å². The number of anilines is 9. The van der Waals surface area contributed by atoms with E-state index in [0.29, 0.717) is 0 Å². The standard InChI is InChI=1S/C69H73BN4/c1-42-36-59-62-60(37-42)74-61-40-47(69(14,15)16)39-53-52-38-46(68(11,12)13)26-35-56(52)73(63(53)61)57-19-17-18-55(64(57)74)70(62)54-34-33-51(41-58(54)72(59)50-31-24-45(25-32-50)67(8,9)10)71(48-27-20-43(21-28-48)65(2,3)4)49-29-22-44(23-30-49)66(5,6)7/h17-41H,1-16H3. The molecule has 0 atom stereocenters. The van der Waals surface area contributed by atoms with Crippen LogP contribution in [-0.4, -0.2) is 11.3 Å². The van der Waals surface area contributed by atoms with Gasteiger partial charge in [0.1, 0.15) is 0 Å². The Kier molecular flexibility index (Phi) is 10.4. The highest BCUT2D eigenvalue weighted by atomic mass is 15.2. The lowest BCUT2D eigenvalue weighted by atomic mass is 9.33. The molecule has 4 heterocycles. The fourth-order valence-corrected chi connectivity index (χ4v) is 12.2. The van der Waals surface area contributed by atoms with Crippen LogP contribution in [0.3, 0.4) is 0 Å². The molecule has 9 aromatic rings. The Labute approximate surface area is 441 Å². The zero-order chi connectivity index (χ0) is 52.3. The van der Waals surface area contributed by atoms with Gasteiger partial charge in [0.15, 0.2) is 0 Å². The minimum atomic E-state index is -0.0747. The molecule has 0 N–H and O–H groups in total. The number of aromatic nitrogens is 1. The molecule has 4 nitrogen and oxygen atoms in total. The first-order valence-corrected chi connectivity index (χ1v) is 27.0. The van der Waals surface area contributed by atoms with Crippen LogP contribution in [0.25, 0.3) is 27.5 Å². The number of aryl methyl sites for hydroxylation is 1. The fourth-order valence-electron chi connectivity index (χ4n) is 12.2. The molecule has 0 aliphatic carbocycles. The number of para-hydroxylation sites is 1. The van der Waals surface area contributed by atoms with Gasteiger partial charge >= 0.3 is 0 Å². The molecule has 0 saturated carbocycles. The van der Waals surface area contributed by atoms with Crippen molar-refractivity contribution in [2.24, 2.45) is 0 Å². The molecule has 1 aromatic heterocycles. The number of nitrogens with zero attached hydrogens (tertiary/aromatic N) is 4. The van der Waals surface area contributed by atoms with E-state index in [-0.39, 0.29) is 33.8 Å². The van der Waals surface area contributed by atoms with E-state index in [1.165, 1.54) is 106 Å². The van der Waals surface area contributed by atoms with Crippen molar-refractivity contribution in [3.05, 3.63) is 185 Å². The predicted octanol–water partition coefficient (Wildman–Crippen LogP) is 17.4. The summed E-state index contributed by atoms with van der Waals surface area (Å²) in [5.74, 6) is 0. The summed E-state index contributed by atoms with van der Waals surface area (Å²) >= 11 is 0. The molecular formula is C69H73BN4. The second-order valence-electron chi connectivity index (χ2n) is 27.0. The zero-order valence-electron chi connectivity index (χ0n) is 46.8. The van der Waals surface area contributed by atoms with Crippen molar-refractivity contribution in [3.8, 4) is 5.69 Å². The average Bonchev–Trinajstić information content (AvgIpc) is 3.67. The third-order valence-corrected chi connectivity index (χ3v) is 16.5. The third-order valence-electron chi connectivity index (χ3n) is 16.5. The first kappa shape index (κ1) is 48.0. The van der Waals surface area contributed by atoms with Crippen molar-refractivity contribution in [1.82, 2.24) is 4.57 Å². The van der Waals surface area contributed by atoms with Gasteiger partial charge in [-0.15, -0.1) is 0 Å². The molecule has 0 bridgehead atoms. The van der Waals surface area contributed by atoms with Gasteiger partial charge in [-0.05, 0) is 175 Å². The summed E-state index contributed by atoms with van der Waals surface area (Å²) in [5.41, 5.74) is 26.4. The molecule has 8 aromatic carbocycles. The molecule has 0 saturated heterocycles. The smallest absolute Gasteiger partial charge is 0.252 e. The maximum atomic E-state index is 2.67. The van der Waals surface area contributed by atoms with E-state index in [4.69, 9.17) is 0 Å². The second kappa shape index (κ2) is 16.0. The van der Waals surface area contributed by atoms with Crippen molar-refractivity contribution in [2.45, 2.75) is 138 Å². The summed E-state index contributed by atoms with van der Waals surface area (Å²) in [5, 5.41) is 2.63. The summed E-state index contributed by atoms with van der Waals surface area (Å²) < 4.78 is 2.60. The lowest BCUT2D eigenvalue weighted by Crippen LogP contribution is -2.61. The monoisotopic (exact) mass is 969 g/mol. The Morgan fingerprint density at radius 1 is 0.378 bits per heavy atom. The summed E-state index contributed by atoms with van der Waals surface area (Å²) in [7, 11) is 0. The maximum Gasteiger partial charge on any atom is 0.252 e. The Morgan fingerprint density at radius 2 is 0.878 bits per heavy atom. The number of hydrogen-bond donors (Lipinski definition) is 0. The Morgan fingerprint density at radius 3 is 1.43 bits per heavy atom. The zero-order valence-corrected chi connectivity index (χ0v) is 46.8. The van der Waals surface area contributed by atoms with Gasteiger partial charge in [0.25, 0.3) is 6.71 Å². The van der Waals surface area contributed by atoms with E-state index in [2.05, 4.69) is 282 Å². The van der Waals surface area contributed by atoms with Gasteiger partial charge in [0, 0.05) is 50.6 Å². The van der Waals surface area contributed by atoms with Crippen LogP contribution in [0.5, 0.6) is 0 Å². The fraction of sp³-hybridized carbons (Fsp3) is 0.304. The van der Waals surface area contributed by atoms with Gasteiger partial charge in [0.2, 0.25) is 0 Å². The van der Waals surface area contributed by atoms with E-state index >= 15 is 0 Å². The molecule has 0 radical (unpaired) electrons. The van der Waals surface area contributed by atoms with Crippen LogP contribution < -0.4 is 31.1 Å². The average molecular weight is 969 g/mol. The lowest BCUT2D eigenvalue weighted by molar-refractivity contribution is 0.590. The van der Waals surface area contributed by atoms with Crippen molar-refractivity contribution in [3.63, 3.8) is 0 Å². The highest BCUT2D eigenvalue weighted by molar-refractivity contribution is 7.00. The summed E-state index contributed by atoms with van der Waals surface area (Å²) in [4.78, 5) is 7.71. The molecule has 3 aliphatic rings. The van der Waals surface area contributed by atoms with Crippen molar-refractivity contribution in [2.75, 3.05) is 14.7 Å². The van der Waals surface area contributed by atoms with Gasteiger partial charge in [-0.3, -0.25) is 0 Å². The van der Waals surface area contributed by atoms with Crippen LogP contribution in [0.4, 0.5) is 51.2 Å². The maximum absolute atomic E-state index is 2.67. The second-order valence-corrected chi connectivity index (χ2v) is 27.0. The topological polar surface area (TPSA) is 14.7 Å². The number of rotatable bonds is 4. The number of hydrogen-bond acceptors (Lipinski definition) is 3. The molecule has 74 heavy (non-hydrogen) atoms. The van der Waals surface area contributed by atoms with Crippen molar-refractivity contribution in [1.29, 1.82) is 0 Å². The molecule has 3 aliphatic heterocycles. The van der Waals surface area contributed by atoms with Gasteiger partial charge < -0.3 is 19.3 Å². The molecule has 0 unspecified atom stereocenters. The summed E-state index contributed by atoms with van der Waals surface area (Å²) in [6.07, 6.45) is 0. The van der Waals surface area contributed by atoms with Gasteiger partial charge in [-0.1, -0.05) is 165 Å². The Balaban J connectivity index is 1.15. The molecule has 0 spiro atoms. The highest BCUT2D eigenvalue weighted by Gasteiger charge is 2.47. The van der Waals surface area contributed by atoms with Crippen molar-refractivity contribution < 1.29 is 0 Å². The van der Waals surface area contributed by atoms with Crippen LogP contribution in [0.15, 0.2) is 152 Å². The molecule has 0 amide bonds. The number of fused-ring (bicyclic) bond motifs is 9. The normalized spacial score (nSPS) is 14.1. The van der Waals surface area contributed by atoms with Crippen LogP contribution in [-0.2, 0) is 27.1 Å². The van der Waals surface area contributed by atoms with Crippen molar-refractivity contribution >= 4 is 96.1 Å². The number of benzene rings is 8. The summed E-state index contributed by atoms with van der Waals surface area (Å²) in [6, 6.07) is 59.5. The van der Waals surface area contributed by atoms with E-state index in [1.807, 2.05) is 0 Å². The molecule has 12 rings (SSSR count). The SMILES string of the molecule is Cc1cc2c3c(c1)N1c4c(cccc4-n4c5ccc(C(C)(C)C)cc5c5cc(C(C)(C)C)cc1c54)B3c1ccc(N(c3ccc(C(C)(C)C)cc3)c3ccc(C(C)(C)C)cc3)cc1N2c1ccc(C(C)(C)C)cc1. The van der Waals surface area contributed by atoms with Crippen LogP contribution in [0.2, 0.25) is 0 Å². The van der Waals surface area contributed by atoms with E-state index in [9.17, 15) is 0 Å². The summed E-state index contributed by atoms with van der Waals surface area (Å²) in [6.45, 7) is 37.0. The van der Waals surface area contributed by atoms with Gasteiger partial charge in [-0.25, -0.2) is 0 Å². The van der Waals surface area contributed by atoms with E-state index in [0.717, 1.165) is 22.7 Å². The molecule has 5 heteroatoms. The van der Waals surface area contributed by atoms with Gasteiger partial charge in [-0.2, -0.15) is 0 Å². The third kappa shape index (κ3) is 7.46. The van der Waals surface area contributed by atoms with E-state index in [1.54, 1.807) is 0 Å². The quantitative estimate of drug-likeness (QED) is 0.163. The minimum Gasteiger partial charge on any atom is -0.311 e. The predicted molar refractivity (Wildman–Crippen MR) is 321 cm³/mol. The first-order valence-electron chi connectivity index (χ1n) is 27.0. The first-order chi connectivity index (χ1) is 34.8. The lowest BCUT2D eigenvalue weighted by Gasteiger charge is -2.46. The Hall–Kier alpha value is -6.98. The molecular weight excluding hydrogens is 896 g/mol. The minimum absolute atomic E-state index is 0.0135. The Bertz CT molecular complexity index is 3690. The van der Waals surface area contributed by atoms with Gasteiger partial charge in [0.05, 0.1) is 28.1 Å². The largest absolute Gasteiger partial charge is 0.311 e. The molecule has 0 fully saturated rings. The van der Waals surface area contributed by atoms with Crippen LogP contribution in [0.1, 0.15) is 137 Å². The van der Waals surface area contributed by atoms with Crippen LogP contribution >= 0.6 is 0 Å².